The number of rotatable bonds is 4. The molecule has 1 fully saturated rings. The van der Waals surface area contributed by atoms with E-state index >= 15 is 0 Å². The van der Waals surface area contributed by atoms with Gasteiger partial charge in [-0.1, -0.05) is 23.4 Å². The van der Waals surface area contributed by atoms with Gasteiger partial charge in [-0.05, 0) is 25.5 Å². The molecule has 0 radical (unpaired) electrons. The van der Waals surface area contributed by atoms with Crippen LogP contribution >= 0.6 is 0 Å². The van der Waals surface area contributed by atoms with Gasteiger partial charge in [0.05, 0.1) is 25.2 Å². The SMILES string of the molecule is Cc1nc([C@H]2CCCN2CC(=O)N[C@H]2CCOc3ccccc32)no1. The van der Waals surface area contributed by atoms with Gasteiger partial charge in [-0.2, -0.15) is 4.98 Å². The molecular formula is C18H22N4O3. The lowest BCUT2D eigenvalue weighted by molar-refractivity contribution is -0.123. The van der Waals surface area contributed by atoms with E-state index in [4.69, 9.17) is 9.26 Å². The van der Waals surface area contributed by atoms with Crippen molar-refractivity contribution >= 4 is 5.91 Å². The van der Waals surface area contributed by atoms with Gasteiger partial charge in [-0.25, -0.2) is 0 Å². The number of likely N-dealkylation sites (tertiary alicyclic amines) is 1. The van der Waals surface area contributed by atoms with Gasteiger partial charge in [0.25, 0.3) is 0 Å². The predicted octanol–water partition coefficient (Wildman–Crippen LogP) is 2.15. The van der Waals surface area contributed by atoms with Crippen LogP contribution in [0, 0.1) is 6.92 Å². The largest absolute Gasteiger partial charge is 0.493 e. The Balaban J connectivity index is 1.41. The van der Waals surface area contributed by atoms with Gasteiger partial charge in [0.2, 0.25) is 11.8 Å². The van der Waals surface area contributed by atoms with Crippen LogP contribution in [0.5, 0.6) is 5.75 Å². The zero-order chi connectivity index (χ0) is 17.2. The van der Waals surface area contributed by atoms with Gasteiger partial charge in [0.15, 0.2) is 5.82 Å². The first-order valence-corrected chi connectivity index (χ1v) is 8.76. The molecule has 1 N–H and O–H groups in total. The molecule has 3 heterocycles. The molecule has 1 amide bonds. The normalized spacial score (nSPS) is 23.1. The maximum atomic E-state index is 12.6. The molecule has 7 heteroatoms. The summed E-state index contributed by atoms with van der Waals surface area (Å²) in [6.07, 6.45) is 2.77. The fourth-order valence-corrected chi connectivity index (χ4v) is 3.67. The number of aryl methyl sites for hydroxylation is 1. The van der Waals surface area contributed by atoms with Crippen LogP contribution in [0.2, 0.25) is 0 Å². The minimum Gasteiger partial charge on any atom is -0.493 e. The number of ether oxygens (including phenoxy) is 1. The second-order valence-corrected chi connectivity index (χ2v) is 6.60. The van der Waals surface area contributed by atoms with E-state index in [0.717, 1.165) is 37.1 Å². The van der Waals surface area contributed by atoms with E-state index in [1.807, 2.05) is 24.3 Å². The molecule has 1 aromatic heterocycles. The van der Waals surface area contributed by atoms with Crippen molar-refractivity contribution < 1.29 is 14.1 Å². The lowest BCUT2D eigenvalue weighted by Gasteiger charge is -2.28. The van der Waals surface area contributed by atoms with Crippen molar-refractivity contribution in [1.82, 2.24) is 20.4 Å². The molecule has 1 saturated heterocycles. The molecule has 7 nitrogen and oxygen atoms in total. The smallest absolute Gasteiger partial charge is 0.234 e. The molecule has 2 aliphatic rings. The molecule has 0 unspecified atom stereocenters. The summed E-state index contributed by atoms with van der Waals surface area (Å²) in [6.45, 7) is 3.62. The third-order valence-corrected chi connectivity index (χ3v) is 4.85. The maximum absolute atomic E-state index is 12.6. The van der Waals surface area contributed by atoms with E-state index < -0.39 is 0 Å². The first kappa shape index (κ1) is 16.1. The summed E-state index contributed by atoms with van der Waals surface area (Å²) in [5, 5.41) is 7.18. The number of amides is 1. The molecule has 0 bridgehead atoms. The van der Waals surface area contributed by atoms with E-state index in [0.29, 0.717) is 24.9 Å². The number of nitrogens with one attached hydrogen (secondary N) is 1. The third-order valence-electron chi connectivity index (χ3n) is 4.85. The van der Waals surface area contributed by atoms with E-state index in [1.165, 1.54) is 0 Å². The van der Waals surface area contributed by atoms with Crippen LogP contribution in [-0.4, -0.2) is 40.6 Å². The van der Waals surface area contributed by atoms with Crippen molar-refractivity contribution in [3.05, 3.63) is 41.5 Å². The number of carbonyl (C=O) groups is 1. The second kappa shape index (κ2) is 6.84. The van der Waals surface area contributed by atoms with E-state index in [9.17, 15) is 4.79 Å². The summed E-state index contributed by atoms with van der Waals surface area (Å²) in [5.41, 5.74) is 1.05. The van der Waals surface area contributed by atoms with Gasteiger partial charge in [-0.15, -0.1) is 0 Å². The fourth-order valence-electron chi connectivity index (χ4n) is 3.67. The molecule has 2 aromatic rings. The Kier molecular flexibility index (Phi) is 4.40. The van der Waals surface area contributed by atoms with Crippen molar-refractivity contribution in [2.45, 2.75) is 38.3 Å². The van der Waals surface area contributed by atoms with E-state index in [2.05, 4.69) is 20.4 Å². The minimum absolute atomic E-state index is 0.00548. The zero-order valence-corrected chi connectivity index (χ0v) is 14.3. The highest BCUT2D eigenvalue weighted by Crippen LogP contribution is 2.32. The number of aromatic nitrogens is 2. The number of fused-ring (bicyclic) bond motifs is 1. The molecule has 25 heavy (non-hydrogen) atoms. The highest BCUT2D eigenvalue weighted by molar-refractivity contribution is 5.78. The Bertz CT molecular complexity index is 760. The number of benzene rings is 1. The molecule has 2 aliphatic heterocycles. The Morgan fingerprint density at radius 1 is 1.36 bits per heavy atom. The average Bonchev–Trinajstić information content (AvgIpc) is 3.24. The minimum atomic E-state index is 0.00548. The average molecular weight is 342 g/mol. The van der Waals surface area contributed by atoms with Crippen molar-refractivity contribution in [2.24, 2.45) is 0 Å². The van der Waals surface area contributed by atoms with Crippen LogP contribution in [0.4, 0.5) is 0 Å². The number of para-hydroxylation sites is 1. The Morgan fingerprint density at radius 3 is 3.08 bits per heavy atom. The summed E-state index contributed by atoms with van der Waals surface area (Å²) in [5.74, 6) is 2.12. The molecule has 0 saturated carbocycles. The number of hydrogen-bond acceptors (Lipinski definition) is 6. The molecule has 2 atom stereocenters. The second-order valence-electron chi connectivity index (χ2n) is 6.60. The summed E-state index contributed by atoms with van der Waals surface area (Å²) in [6, 6.07) is 7.95. The summed E-state index contributed by atoms with van der Waals surface area (Å²) in [4.78, 5) is 19.1. The predicted molar refractivity (Wildman–Crippen MR) is 90.0 cm³/mol. The summed E-state index contributed by atoms with van der Waals surface area (Å²) < 4.78 is 10.7. The Hall–Kier alpha value is -2.41. The quantitative estimate of drug-likeness (QED) is 0.917. The zero-order valence-electron chi connectivity index (χ0n) is 14.3. The van der Waals surface area contributed by atoms with Gasteiger partial charge >= 0.3 is 0 Å². The van der Waals surface area contributed by atoms with Crippen LogP contribution in [0.25, 0.3) is 0 Å². The summed E-state index contributed by atoms with van der Waals surface area (Å²) >= 11 is 0. The van der Waals surface area contributed by atoms with Crippen molar-refractivity contribution in [1.29, 1.82) is 0 Å². The molecule has 1 aromatic carbocycles. The first-order valence-electron chi connectivity index (χ1n) is 8.76. The monoisotopic (exact) mass is 342 g/mol. The Labute approximate surface area is 146 Å². The third kappa shape index (κ3) is 3.37. The van der Waals surface area contributed by atoms with Crippen molar-refractivity contribution in [3.8, 4) is 5.75 Å². The molecule has 4 rings (SSSR count). The highest BCUT2D eigenvalue weighted by Gasteiger charge is 2.32. The van der Waals surface area contributed by atoms with Gasteiger partial charge in [0.1, 0.15) is 5.75 Å². The van der Waals surface area contributed by atoms with Gasteiger partial charge in [-0.3, -0.25) is 9.69 Å². The van der Waals surface area contributed by atoms with Crippen LogP contribution in [0.1, 0.15) is 48.6 Å². The molecule has 0 spiro atoms. The van der Waals surface area contributed by atoms with Crippen molar-refractivity contribution in [3.63, 3.8) is 0 Å². The van der Waals surface area contributed by atoms with E-state index in [1.54, 1.807) is 6.92 Å². The number of nitrogens with zero attached hydrogens (tertiary/aromatic N) is 3. The van der Waals surface area contributed by atoms with Crippen LogP contribution < -0.4 is 10.1 Å². The highest BCUT2D eigenvalue weighted by atomic mass is 16.5. The lowest BCUT2D eigenvalue weighted by atomic mass is 10.0. The van der Waals surface area contributed by atoms with Crippen molar-refractivity contribution in [2.75, 3.05) is 19.7 Å². The number of carbonyl (C=O) groups excluding carboxylic acids is 1. The Morgan fingerprint density at radius 2 is 2.24 bits per heavy atom. The standard InChI is InChI=1S/C18H22N4O3/c1-12-19-18(21-25-12)15-6-4-9-22(15)11-17(23)20-14-8-10-24-16-7-3-2-5-13(14)16/h2-3,5,7,14-15H,4,6,8-11H2,1H3,(H,20,23)/t14-,15+/m0/s1. The lowest BCUT2D eigenvalue weighted by Crippen LogP contribution is -2.40. The topological polar surface area (TPSA) is 80.5 Å². The molecule has 132 valence electrons. The first-order chi connectivity index (χ1) is 12.2. The van der Waals surface area contributed by atoms with E-state index in [-0.39, 0.29) is 18.0 Å². The fraction of sp³-hybridized carbons (Fsp3) is 0.500. The van der Waals surface area contributed by atoms with Gasteiger partial charge in [0, 0.05) is 18.9 Å². The van der Waals surface area contributed by atoms with Crippen LogP contribution in [-0.2, 0) is 4.79 Å². The van der Waals surface area contributed by atoms with Gasteiger partial charge < -0.3 is 14.6 Å². The van der Waals surface area contributed by atoms with Crippen LogP contribution in [0.15, 0.2) is 28.8 Å². The summed E-state index contributed by atoms with van der Waals surface area (Å²) in [7, 11) is 0. The molecule has 0 aliphatic carbocycles. The maximum Gasteiger partial charge on any atom is 0.234 e. The van der Waals surface area contributed by atoms with Crippen LogP contribution in [0.3, 0.4) is 0 Å². The molecular weight excluding hydrogens is 320 g/mol. The number of hydrogen-bond donors (Lipinski definition) is 1.